The molecule has 2 heterocycles. The molecule has 1 fully saturated rings. The molecule has 4 aromatic rings. The number of aromatic nitrogens is 1. The van der Waals surface area contributed by atoms with Crippen LogP contribution in [0.15, 0.2) is 60.8 Å². The summed E-state index contributed by atoms with van der Waals surface area (Å²) < 4.78 is 40.9. The minimum Gasteiger partial charge on any atom is -0.497 e. The normalized spacial score (nSPS) is 14.6. The highest BCUT2D eigenvalue weighted by molar-refractivity contribution is 6.17. The van der Waals surface area contributed by atoms with Crippen LogP contribution in [0.4, 0.5) is 4.79 Å². The summed E-state index contributed by atoms with van der Waals surface area (Å²) in [5, 5.41) is 3.60. The zero-order valence-electron chi connectivity index (χ0n) is 31.0. The molecule has 1 N–H and O–H groups in total. The number of alkyl carbamates (subject to hydrolysis) is 1. The topological polar surface area (TPSA) is 116 Å². The summed E-state index contributed by atoms with van der Waals surface area (Å²) in [6.45, 7) is 9.57. The fraction of sp³-hybridized carbons (Fsp3) is 0.366. The van der Waals surface area contributed by atoms with Crippen molar-refractivity contribution >= 4 is 22.8 Å². The Morgan fingerprint density at radius 3 is 2.02 bits per heavy atom. The molecule has 0 bridgehead atoms. The Morgan fingerprint density at radius 1 is 0.846 bits per heavy atom. The van der Waals surface area contributed by atoms with Crippen molar-refractivity contribution in [1.82, 2.24) is 9.88 Å². The van der Waals surface area contributed by atoms with Crippen LogP contribution in [0.2, 0.25) is 0 Å². The van der Waals surface area contributed by atoms with Crippen LogP contribution in [0.25, 0.3) is 10.9 Å². The number of ether oxygens (including phenoxy) is 7. The average molecular weight is 709 g/mol. The number of benzene rings is 3. The maximum atomic E-state index is 13.9. The van der Waals surface area contributed by atoms with Crippen LogP contribution < -0.4 is 24.3 Å². The first-order valence-corrected chi connectivity index (χ1v) is 16.6. The number of hydrogen-bond donors (Lipinski definition) is 1. The molecule has 1 aliphatic rings. The Labute approximate surface area is 304 Å². The quantitative estimate of drug-likeness (QED) is 0.165. The average Bonchev–Trinajstić information content (AvgIpc) is 3.48. The van der Waals surface area contributed by atoms with E-state index in [1.807, 2.05) is 60.9 Å². The highest BCUT2D eigenvalue weighted by Crippen LogP contribution is 2.39. The van der Waals surface area contributed by atoms with E-state index in [9.17, 15) is 9.59 Å². The zero-order chi connectivity index (χ0) is 37.7. The van der Waals surface area contributed by atoms with Crippen molar-refractivity contribution < 1.29 is 42.7 Å². The molecule has 0 radical (unpaired) electrons. The van der Waals surface area contributed by atoms with Gasteiger partial charge in [-0.25, -0.2) is 4.79 Å². The van der Waals surface area contributed by atoms with E-state index in [-0.39, 0.29) is 19.0 Å². The second kappa shape index (κ2) is 15.3. The lowest BCUT2D eigenvalue weighted by Crippen LogP contribution is -2.60. The molecule has 0 saturated carbocycles. The van der Waals surface area contributed by atoms with Crippen molar-refractivity contribution in [3.8, 4) is 46.7 Å². The van der Waals surface area contributed by atoms with Gasteiger partial charge in [-0.3, -0.25) is 4.79 Å². The van der Waals surface area contributed by atoms with Crippen molar-refractivity contribution in [3.63, 3.8) is 0 Å². The van der Waals surface area contributed by atoms with E-state index >= 15 is 0 Å². The summed E-state index contributed by atoms with van der Waals surface area (Å²) in [4.78, 5) is 26.6. The number of rotatable bonds is 8. The number of methoxy groups -OCH3 is 4. The minimum absolute atomic E-state index is 0.131. The van der Waals surface area contributed by atoms with Crippen LogP contribution in [0.5, 0.6) is 23.0 Å². The lowest BCUT2D eigenvalue weighted by molar-refractivity contribution is -0.262. The van der Waals surface area contributed by atoms with Crippen molar-refractivity contribution in [2.75, 3.05) is 41.7 Å². The van der Waals surface area contributed by atoms with Gasteiger partial charge in [0.05, 0.1) is 53.7 Å². The van der Waals surface area contributed by atoms with Gasteiger partial charge < -0.3 is 43.0 Å². The van der Waals surface area contributed by atoms with Crippen molar-refractivity contribution in [2.24, 2.45) is 0 Å². The van der Waals surface area contributed by atoms with Gasteiger partial charge in [0, 0.05) is 39.9 Å². The largest absolute Gasteiger partial charge is 0.497 e. The molecular weight excluding hydrogens is 664 g/mol. The highest BCUT2D eigenvalue weighted by Gasteiger charge is 2.41. The van der Waals surface area contributed by atoms with Gasteiger partial charge in [-0.1, -0.05) is 23.7 Å². The monoisotopic (exact) mass is 708 g/mol. The number of nitrogens with zero attached hydrogens (tertiary/aromatic N) is 1. The molecule has 272 valence electrons. The molecule has 11 heteroatoms. The van der Waals surface area contributed by atoms with Crippen molar-refractivity contribution in [3.05, 3.63) is 83.0 Å². The second-order valence-electron chi connectivity index (χ2n) is 13.6. The molecule has 3 aromatic carbocycles. The standard InChI is InChI=1S/C41H44N2O9/c1-39(2,3)52-38(45)42-41(25-50-40(4,5)51-26-41)19-18-28-14-12-27(13-15-28)11-10-20-43-24-32(31-17-16-30(46-6)23-33(31)43)36(44)29-21-34(47-7)37(49-9)35(22-29)48-8/h12-17,21-24H,20,25-26H2,1-9H3,(H,42,45). The van der Waals surface area contributed by atoms with E-state index in [1.54, 1.807) is 46.2 Å². The van der Waals surface area contributed by atoms with E-state index < -0.39 is 23.0 Å². The van der Waals surface area contributed by atoms with Gasteiger partial charge in [-0.15, -0.1) is 0 Å². The van der Waals surface area contributed by atoms with Gasteiger partial charge in [-0.2, -0.15) is 0 Å². The van der Waals surface area contributed by atoms with E-state index in [0.717, 1.165) is 22.0 Å². The first-order valence-electron chi connectivity index (χ1n) is 16.6. The Balaban J connectivity index is 1.37. The molecular formula is C41H44N2O9. The molecule has 0 aliphatic carbocycles. The van der Waals surface area contributed by atoms with Crippen LogP contribution >= 0.6 is 0 Å². The van der Waals surface area contributed by atoms with E-state index in [0.29, 0.717) is 40.7 Å². The van der Waals surface area contributed by atoms with Crippen LogP contribution in [-0.4, -0.2) is 75.0 Å². The fourth-order valence-electron chi connectivity index (χ4n) is 5.49. The molecule has 0 unspecified atom stereocenters. The third kappa shape index (κ3) is 8.81. The lowest BCUT2D eigenvalue weighted by atomic mass is 10.00. The molecule has 0 atom stereocenters. The number of ketones is 1. The Morgan fingerprint density at radius 2 is 1.46 bits per heavy atom. The maximum absolute atomic E-state index is 13.9. The summed E-state index contributed by atoms with van der Waals surface area (Å²) in [6, 6.07) is 16.3. The summed E-state index contributed by atoms with van der Waals surface area (Å²) >= 11 is 0. The summed E-state index contributed by atoms with van der Waals surface area (Å²) in [7, 11) is 6.13. The van der Waals surface area contributed by atoms with Crippen LogP contribution in [0, 0.1) is 23.7 Å². The molecule has 1 amide bonds. The Hall–Kier alpha value is -5.62. The van der Waals surface area contributed by atoms with Gasteiger partial charge in [-0.05, 0) is 83.1 Å². The maximum Gasteiger partial charge on any atom is 0.409 e. The Bertz CT molecular complexity index is 2050. The van der Waals surface area contributed by atoms with Gasteiger partial charge in [0.2, 0.25) is 5.75 Å². The van der Waals surface area contributed by atoms with Gasteiger partial charge in [0.1, 0.15) is 11.4 Å². The summed E-state index contributed by atoms with van der Waals surface area (Å²) in [6.07, 6.45) is 1.19. The molecule has 1 aromatic heterocycles. The number of fused-ring (bicyclic) bond motifs is 1. The third-order valence-corrected chi connectivity index (χ3v) is 8.15. The first-order chi connectivity index (χ1) is 24.7. The molecule has 0 spiro atoms. The molecule has 5 rings (SSSR count). The van der Waals surface area contributed by atoms with E-state index in [4.69, 9.17) is 33.2 Å². The first kappa shape index (κ1) is 37.6. The number of nitrogens with one attached hydrogen (secondary N) is 1. The number of amides is 1. The SMILES string of the molecule is COc1ccc2c(C(=O)c3cc(OC)c(OC)c(OC)c3)cn(CC#Cc3ccc(C#CC4(NC(=O)OC(C)(C)C)COC(C)(C)OC4)cc3)c2c1. The lowest BCUT2D eigenvalue weighted by Gasteiger charge is -2.41. The van der Waals surface area contributed by atoms with Crippen LogP contribution in [-0.2, 0) is 20.8 Å². The number of carbonyl (C=O) groups is 2. The van der Waals surface area contributed by atoms with E-state index in [1.165, 1.54) is 21.3 Å². The van der Waals surface area contributed by atoms with Crippen LogP contribution in [0.3, 0.4) is 0 Å². The minimum atomic E-state index is -1.09. The molecule has 1 aliphatic heterocycles. The van der Waals surface area contributed by atoms with Crippen molar-refractivity contribution in [2.45, 2.75) is 58.1 Å². The molecule has 1 saturated heterocycles. The predicted molar refractivity (Wildman–Crippen MR) is 196 cm³/mol. The Kier molecular flexibility index (Phi) is 11.1. The van der Waals surface area contributed by atoms with E-state index in [2.05, 4.69) is 29.0 Å². The smallest absolute Gasteiger partial charge is 0.409 e. The van der Waals surface area contributed by atoms with Gasteiger partial charge >= 0.3 is 6.09 Å². The fourth-order valence-corrected chi connectivity index (χ4v) is 5.49. The van der Waals surface area contributed by atoms with Gasteiger partial charge in [0.15, 0.2) is 28.6 Å². The predicted octanol–water partition coefficient (Wildman–Crippen LogP) is 6.36. The molecule has 52 heavy (non-hydrogen) atoms. The highest BCUT2D eigenvalue weighted by atomic mass is 16.7. The summed E-state index contributed by atoms with van der Waals surface area (Å²) in [5.41, 5.74) is 1.41. The second-order valence-corrected chi connectivity index (χ2v) is 13.6. The van der Waals surface area contributed by atoms with Crippen LogP contribution in [0.1, 0.15) is 61.7 Å². The molecule has 11 nitrogen and oxygen atoms in total. The number of hydrogen-bond acceptors (Lipinski definition) is 9. The van der Waals surface area contributed by atoms with Gasteiger partial charge in [0.25, 0.3) is 0 Å². The number of carbonyl (C=O) groups excluding carboxylic acids is 2. The van der Waals surface area contributed by atoms with Crippen molar-refractivity contribution in [1.29, 1.82) is 0 Å². The summed E-state index contributed by atoms with van der Waals surface area (Å²) in [5.74, 6) is 13.5. The third-order valence-electron chi connectivity index (χ3n) is 8.15. The zero-order valence-corrected chi connectivity index (χ0v) is 31.0.